The highest BCUT2D eigenvalue weighted by Crippen LogP contribution is 2.24. The van der Waals surface area contributed by atoms with Gasteiger partial charge in [0, 0.05) is 0 Å². The van der Waals surface area contributed by atoms with Crippen molar-refractivity contribution in [1.82, 2.24) is 14.9 Å². The topological polar surface area (TPSA) is 78.6 Å². The molecule has 4 rings (SSSR count). The van der Waals surface area contributed by atoms with Gasteiger partial charge in [0.25, 0.3) is 0 Å². The molecule has 0 radical (unpaired) electrons. The number of hydrogen-bond acceptors (Lipinski definition) is 7. The van der Waals surface area contributed by atoms with Gasteiger partial charge in [-0.1, -0.05) is 36.9 Å². The quantitative estimate of drug-likeness (QED) is 0.301. The van der Waals surface area contributed by atoms with Crippen molar-refractivity contribution in [2.75, 3.05) is 5.75 Å². The van der Waals surface area contributed by atoms with Gasteiger partial charge in [-0.2, -0.15) is 9.78 Å². The zero-order valence-electron chi connectivity index (χ0n) is 16.1. The monoisotopic (exact) mass is 408 g/mol. The van der Waals surface area contributed by atoms with Gasteiger partial charge in [-0.3, -0.25) is 0 Å². The van der Waals surface area contributed by atoms with E-state index in [-0.39, 0.29) is 0 Å². The molecule has 0 saturated carbocycles. The van der Waals surface area contributed by atoms with Crippen molar-refractivity contribution in [2.45, 2.75) is 25.6 Å². The first-order chi connectivity index (χ1) is 14.2. The van der Waals surface area contributed by atoms with Crippen LogP contribution in [0.2, 0.25) is 0 Å². The van der Waals surface area contributed by atoms with Gasteiger partial charge in [0.15, 0.2) is 5.76 Å². The molecular weight excluding hydrogens is 388 g/mol. The summed E-state index contributed by atoms with van der Waals surface area (Å²) in [5, 5.41) is 13.6. The largest absolute Gasteiger partial charge is 0.485 e. The second-order valence-corrected chi connectivity index (χ2v) is 7.36. The summed E-state index contributed by atoms with van der Waals surface area (Å²) in [4.78, 5) is 0. The average Bonchev–Trinajstić information content (AvgIpc) is 3.47. The number of aryl methyl sites for hydroxylation is 1. The molecule has 148 valence electrons. The molecule has 7 nitrogen and oxygen atoms in total. The molecule has 0 aliphatic heterocycles. The highest BCUT2D eigenvalue weighted by atomic mass is 32.2. The summed E-state index contributed by atoms with van der Waals surface area (Å²) in [6.45, 7) is 4.41. The summed E-state index contributed by atoms with van der Waals surface area (Å²) in [5.74, 6) is 4.16. The Hall–Kier alpha value is -3.26. The Kier molecular flexibility index (Phi) is 5.81. The molecule has 4 aromatic rings. The second kappa shape index (κ2) is 8.83. The molecule has 0 fully saturated rings. The smallest absolute Gasteiger partial charge is 0.221 e. The molecule has 3 aromatic heterocycles. The number of benzene rings is 1. The fourth-order valence-corrected chi connectivity index (χ4v) is 3.28. The van der Waals surface area contributed by atoms with Crippen LogP contribution in [0.4, 0.5) is 0 Å². The first kappa shape index (κ1) is 19.1. The molecule has 3 heterocycles. The molecule has 0 atom stereocenters. The van der Waals surface area contributed by atoms with Crippen LogP contribution in [-0.2, 0) is 6.61 Å². The van der Waals surface area contributed by atoms with Crippen molar-refractivity contribution < 1.29 is 13.6 Å². The van der Waals surface area contributed by atoms with Crippen LogP contribution in [-0.4, -0.2) is 26.8 Å². The molecule has 29 heavy (non-hydrogen) atoms. The Morgan fingerprint density at radius 1 is 1.14 bits per heavy atom. The highest BCUT2D eigenvalue weighted by Gasteiger charge is 2.15. The zero-order valence-corrected chi connectivity index (χ0v) is 16.9. The van der Waals surface area contributed by atoms with Crippen LogP contribution in [0.25, 0.3) is 11.6 Å². The summed E-state index contributed by atoms with van der Waals surface area (Å²) < 4.78 is 18.7. The van der Waals surface area contributed by atoms with E-state index in [2.05, 4.69) is 15.3 Å². The molecule has 0 amide bonds. The maximum Gasteiger partial charge on any atom is 0.221 e. The first-order valence-electron chi connectivity index (χ1n) is 9.18. The van der Waals surface area contributed by atoms with E-state index in [1.165, 1.54) is 0 Å². The van der Waals surface area contributed by atoms with Crippen molar-refractivity contribution in [3.8, 4) is 17.3 Å². The summed E-state index contributed by atoms with van der Waals surface area (Å²) in [7, 11) is 0. The Morgan fingerprint density at radius 2 is 2.03 bits per heavy atom. The third-order valence-electron chi connectivity index (χ3n) is 4.07. The molecule has 0 bridgehead atoms. The van der Waals surface area contributed by atoms with Crippen molar-refractivity contribution >= 4 is 18.0 Å². The third-order valence-corrected chi connectivity index (χ3v) is 4.87. The van der Waals surface area contributed by atoms with Crippen molar-refractivity contribution in [3.63, 3.8) is 0 Å². The summed E-state index contributed by atoms with van der Waals surface area (Å²) in [6.07, 6.45) is 3.23. The normalized spacial score (nSPS) is 11.4. The molecule has 0 aliphatic rings. The van der Waals surface area contributed by atoms with Crippen LogP contribution in [0, 0.1) is 6.92 Å². The molecule has 0 unspecified atom stereocenters. The summed E-state index contributed by atoms with van der Waals surface area (Å²) in [5.41, 5.74) is 1.08. The summed E-state index contributed by atoms with van der Waals surface area (Å²) in [6, 6.07) is 15.2. The van der Waals surface area contributed by atoms with E-state index in [0.29, 0.717) is 34.9 Å². The summed E-state index contributed by atoms with van der Waals surface area (Å²) >= 11 is 1.55. The fraction of sp³-hybridized carbons (Fsp3) is 0.190. The predicted octanol–water partition coefficient (Wildman–Crippen LogP) is 5.01. The van der Waals surface area contributed by atoms with Gasteiger partial charge in [0.1, 0.15) is 23.9 Å². The lowest BCUT2D eigenvalue weighted by molar-refractivity contribution is 0.268. The molecular formula is C21H20N4O3S. The maximum absolute atomic E-state index is 5.83. The lowest BCUT2D eigenvalue weighted by Crippen LogP contribution is -1.96. The lowest BCUT2D eigenvalue weighted by Gasteiger charge is -2.06. The predicted molar refractivity (Wildman–Crippen MR) is 111 cm³/mol. The van der Waals surface area contributed by atoms with Gasteiger partial charge >= 0.3 is 0 Å². The van der Waals surface area contributed by atoms with E-state index in [4.69, 9.17) is 13.6 Å². The SMILES string of the molecule is CCSc1nnc(-c2ccco2)n1/N=C/c1ccc(COc2ccccc2C)o1. The van der Waals surface area contributed by atoms with Crippen LogP contribution in [0.3, 0.4) is 0 Å². The van der Waals surface area contributed by atoms with Gasteiger partial charge < -0.3 is 13.6 Å². The van der Waals surface area contributed by atoms with Gasteiger partial charge in [0.05, 0.1) is 12.5 Å². The molecule has 0 spiro atoms. The molecule has 0 aliphatic carbocycles. The zero-order chi connectivity index (χ0) is 20.1. The van der Waals surface area contributed by atoms with E-state index in [0.717, 1.165) is 17.1 Å². The van der Waals surface area contributed by atoms with Crippen LogP contribution >= 0.6 is 11.8 Å². The number of rotatable bonds is 8. The van der Waals surface area contributed by atoms with Gasteiger partial charge in [-0.15, -0.1) is 10.2 Å². The average molecular weight is 408 g/mol. The van der Waals surface area contributed by atoms with Crippen LogP contribution in [0.15, 0.2) is 73.9 Å². The Labute approximate surface area is 172 Å². The minimum atomic E-state index is 0.347. The number of thioether (sulfide) groups is 1. The minimum Gasteiger partial charge on any atom is -0.485 e. The highest BCUT2D eigenvalue weighted by molar-refractivity contribution is 7.99. The van der Waals surface area contributed by atoms with Crippen molar-refractivity contribution in [3.05, 3.63) is 71.9 Å². The first-order valence-corrected chi connectivity index (χ1v) is 10.2. The number of nitrogens with zero attached hydrogens (tertiary/aromatic N) is 4. The molecule has 0 N–H and O–H groups in total. The van der Waals surface area contributed by atoms with Crippen LogP contribution in [0.1, 0.15) is 24.0 Å². The molecule has 1 aromatic carbocycles. The van der Waals surface area contributed by atoms with Gasteiger partial charge in [-0.25, -0.2) is 0 Å². The van der Waals surface area contributed by atoms with Crippen LogP contribution in [0.5, 0.6) is 5.75 Å². The standard InChI is InChI=1S/C21H20N4O3S/c1-3-29-21-24-23-20(19-9-6-12-26-19)25(21)22-13-16-10-11-17(28-16)14-27-18-8-5-4-7-15(18)2/h4-13H,3,14H2,1-2H3/b22-13+. The minimum absolute atomic E-state index is 0.347. The Bertz CT molecular complexity index is 1100. The second-order valence-electron chi connectivity index (χ2n) is 6.13. The van der Waals surface area contributed by atoms with Crippen molar-refractivity contribution in [1.29, 1.82) is 0 Å². The van der Waals surface area contributed by atoms with E-state index < -0.39 is 0 Å². The van der Waals surface area contributed by atoms with E-state index >= 15 is 0 Å². The van der Waals surface area contributed by atoms with Crippen LogP contribution < -0.4 is 4.74 Å². The van der Waals surface area contributed by atoms with Gasteiger partial charge in [0.2, 0.25) is 11.0 Å². The van der Waals surface area contributed by atoms with E-state index in [1.807, 2.05) is 56.3 Å². The van der Waals surface area contributed by atoms with Gasteiger partial charge in [-0.05, 0) is 48.6 Å². The number of ether oxygens (including phenoxy) is 1. The number of aromatic nitrogens is 3. The fourth-order valence-electron chi connectivity index (χ4n) is 2.67. The van der Waals surface area contributed by atoms with E-state index in [9.17, 15) is 0 Å². The number of hydrogen-bond donors (Lipinski definition) is 0. The molecule has 8 heteroatoms. The lowest BCUT2D eigenvalue weighted by atomic mass is 10.2. The molecule has 0 saturated heterocycles. The van der Waals surface area contributed by atoms with E-state index in [1.54, 1.807) is 35.0 Å². The number of para-hydroxylation sites is 1. The van der Waals surface area contributed by atoms with Crippen molar-refractivity contribution in [2.24, 2.45) is 5.10 Å². The Balaban J connectivity index is 1.50. The maximum atomic E-state index is 5.83. The number of furan rings is 2. The third kappa shape index (κ3) is 4.43. The Morgan fingerprint density at radius 3 is 2.83 bits per heavy atom.